The van der Waals surface area contributed by atoms with Gasteiger partial charge in [0.15, 0.2) is 0 Å². The van der Waals surface area contributed by atoms with Crippen molar-refractivity contribution in [3.63, 3.8) is 0 Å². The molecule has 0 aliphatic carbocycles. The zero-order valence-electron chi connectivity index (χ0n) is 4.98. The molecule has 1 heterocycles. The molecule has 0 amide bonds. The highest BCUT2D eigenvalue weighted by atomic mass is 16.6. The Morgan fingerprint density at radius 1 is 1.57 bits per heavy atom. The van der Waals surface area contributed by atoms with E-state index < -0.39 is 0 Å². The van der Waals surface area contributed by atoms with Gasteiger partial charge >= 0.3 is 0 Å². The SMILES string of the molecule is CCC[C@H]1O[C@@H]1C. The molecule has 0 aromatic rings. The smallest absolute Gasteiger partial charge is 0.0838 e. The molecule has 1 fully saturated rings. The van der Waals surface area contributed by atoms with Crippen molar-refractivity contribution in [3.8, 4) is 0 Å². The first-order valence-electron chi connectivity index (χ1n) is 3.00. The molecule has 0 spiro atoms. The average molecular weight is 100 g/mol. The standard InChI is InChI=1S/C6H12O/c1-3-4-6-5(2)7-6/h5-6H,3-4H2,1-2H3/t5-,6-/m1/s1. The molecule has 0 radical (unpaired) electrons. The number of epoxide rings is 1. The van der Waals surface area contributed by atoms with E-state index in [1.807, 2.05) is 0 Å². The van der Waals surface area contributed by atoms with Crippen LogP contribution in [0.2, 0.25) is 0 Å². The van der Waals surface area contributed by atoms with Crippen molar-refractivity contribution in [1.29, 1.82) is 0 Å². The summed E-state index contributed by atoms with van der Waals surface area (Å²) in [5.41, 5.74) is 0. The van der Waals surface area contributed by atoms with E-state index in [2.05, 4.69) is 13.8 Å². The summed E-state index contributed by atoms with van der Waals surface area (Å²) in [6.07, 6.45) is 3.70. The van der Waals surface area contributed by atoms with Gasteiger partial charge in [0.25, 0.3) is 0 Å². The second-order valence-electron chi connectivity index (χ2n) is 2.17. The van der Waals surface area contributed by atoms with Crippen LogP contribution in [0.25, 0.3) is 0 Å². The van der Waals surface area contributed by atoms with E-state index in [0.29, 0.717) is 12.2 Å². The number of rotatable bonds is 2. The molecular formula is C6H12O. The lowest BCUT2D eigenvalue weighted by Crippen LogP contribution is -1.85. The summed E-state index contributed by atoms with van der Waals surface area (Å²) >= 11 is 0. The lowest BCUT2D eigenvalue weighted by Gasteiger charge is -1.81. The lowest BCUT2D eigenvalue weighted by molar-refractivity contribution is 0.369. The van der Waals surface area contributed by atoms with E-state index >= 15 is 0 Å². The van der Waals surface area contributed by atoms with Gasteiger partial charge in [0.1, 0.15) is 0 Å². The lowest BCUT2D eigenvalue weighted by atomic mass is 10.2. The molecule has 1 rings (SSSR count). The highest BCUT2D eigenvalue weighted by Crippen LogP contribution is 2.24. The molecule has 0 N–H and O–H groups in total. The molecule has 0 bridgehead atoms. The topological polar surface area (TPSA) is 12.5 Å². The third kappa shape index (κ3) is 1.16. The molecule has 0 aromatic carbocycles. The van der Waals surface area contributed by atoms with Crippen LogP contribution in [-0.2, 0) is 4.74 Å². The highest BCUT2D eigenvalue weighted by Gasteiger charge is 2.32. The second-order valence-corrected chi connectivity index (χ2v) is 2.17. The fourth-order valence-corrected chi connectivity index (χ4v) is 0.818. The van der Waals surface area contributed by atoms with Crippen molar-refractivity contribution in [2.75, 3.05) is 0 Å². The first-order chi connectivity index (χ1) is 3.34. The molecule has 2 atom stereocenters. The minimum absolute atomic E-state index is 0.569. The Kier molecular flexibility index (Phi) is 1.33. The summed E-state index contributed by atoms with van der Waals surface area (Å²) in [5, 5.41) is 0. The van der Waals surface area contributed by atoms with Gasteiger partial charge < -0.3 is 4.74 Å². The fraction of sp³-hybridized carbons (Fsp3) is 1.00. The maximum Gasteiger partial charge on any atom is 0.0838 e. The molecule has 1 heteroatoms. The second kappa shape index (κ2) is 1.83. The number of hydrogen-bond donors (Lipinski definition) is 0. The zero-order chi connectivity index (χ0) is 5.28. The Labute approximate surface area is 44.7 Å². The van der Waals surface area contributed by atoms with Gasteiger partial charge in [-0.2, -0.15) is 0 Å². The van der Waals surface area contributed by atoms with Gasteiger partial charge in [-0.3, -0.25) is 0 Å². The Hall–Kier alpha value is -0.0400. The van der Waals surface area contributed by atoms with Gasteiger partial charge in [-0.25, -0.2) is 0 Å². The van der Waals surface area contributed by atoms with E-state index in [0.717, 1.165) is 0 Å². The summed E-state index contributed by atoms with van der Waals surface area (Å²) in [6.45, 7) is 4.31. The van der Waals surface area contributed by atoms with Crippen molar-refractivity contribution in [2.45, 2.75) is 38.9 Å². The molecular weight excluding hydrogens is 88.1 g/mol. The Morgan fingerprint density at radius 2 is 2.14 bits per heavy atom. The number of hydrogen-bond acceptors (Lipinski definition) is 1. The number of ether oxygens (including phenoxy) is 1. The quantitative estimate of drug-likeness (QED) is 0.480. The van der Waals surface area contributed by atoms with Crippen molar-refractivity contribution in [3.05, 3.63) is 0 Å². The van der Waals surface area contributed by atoms with Gasteiger partial charge in [0, 0.05) is 0 Å². The van der Waals surface area contributed by atoms with Crippen molar-refractivity contribution in [2.24, 2.45) is 0 Å². The van der Waals surface area contributed by atoms with Crippen LogP contribution < -0.4 is 0 Å². The van der Waals surface area contributed by atoms with Gasteiger partial charge in [0.05, 0.1) is 12.2 Å². The van der Waals surface area contributed by atoms with E-state index in [9.17, 15) is 0 Å². The monoisotopic (exact) mass is 100 g/mol. The average Bonchev–Trinajstić information content (AvgIpc) is 2.22. The van der Waals surface area contributed by atoms with E-state index in [4.69, 9.17) is 4.74 Å². The molecule has 7 heavy (non-hydrogen) atoms. The largest absolute Gasteiger partial charge is 0.370 e. The molecule has 1 aliphatic rings. The predicted molar refractivity (Wildman–Crippen MR) is 29.2 cm³/mol. The van der Waals surface area contributed by atoms with Gasteiger partial charge in [-0.15, -0.1) is 0 Å². The summed E-state index contributed by atoms with van der Waals surface area (Å²) in [6, 6.07) is 0. The molecule has 1 saturated heterocycles. The van der Waals surface area contributed by atoms with Crippen LogP contribution in [0, 0.1) is 0 Å². The van der Waals surface area contributed by atoms with Crippen LogP contribution in [0.15, 0.2) is 0 Å². The summed E-state index contributed by atoms with van der Waals surface area (Å²) < 4.78 is 5.16. The molecule has 42 valence electrons. The fourth-order valence-electron chi connectivity index (χ4n) is 0.818. The highest BCUT2D eigenvalue weighted by molar-refractivity contribution is 4.78. The maximum atomic E-state index is 5.16. The zero-order valence-corrected chi connectivity index (χ0v) is 4.98. The van der Waals surface area contributed by atoms with Crippen LogP contribution >= 0.6 is 0 Å². The Morgan fingerprint density at radius 3 is 2.29 bits per heavy atom. The Bertz CT molecular complexity index is 61.2. The van der Waals surface area contributed by atoms with Crippen LogP contribution in [-0.4, -0.2) is 12.2 Å². The van der Waals surface area contributed by atoms with Gasteiger partial charge in [-0.05, 0) is 13.3 Å². The normalized spacial score (nSPS) is 38.6. The van der Waals surface area contributed by atoms with E-state index in [1.54, 1.807) is 0 Å². The first-order valence-corrected chi connectivity index (χ1v) is 3.00. The van der Waals surface area contributed by atoms with Gasteiger partial charge in [-0.1, -0.05) is 13.3 Å². The molecule has 1 nitrogen and oxygen atoms in total. The van der Waals surface area contributed by atoms with E-state index in [1.165, 1.54) is 12.8 Å². The third-order valence-electron chi connectivity index (χ3n) is 1.41. The van der Waals surface area contributed by atoms with Crippen molar-refractivity contribution >= 4 is 0 Å². The third-order valence-corrected chi connectivity index (χ3v) is 1.41. The van der Waals surface area contributed by atoms with Crippen molar-refractivity contribution < 1.29 is 4.74 Å². The van der Waals surface area contributed by atoms with E-state index in [-0.39, 0.29) is 0 Å². The Balaban J connectivity index is 1.98. The van der Waals surface area contributed by atoms with Crippen LogP contribution in [0.4, 0.5) is 0 Å². The van der Waals surface area contributed by atoms with Crippen molar-refractivity contribution in [1.82, 2.24) is 0 Å². The summed E-state index contributed by atoms with van der Waals surface area (Å²) in [5.74, 6) is 0. The molecule has 0 unspecified atom stereocenters. The van der Waals surface area contributed by atoms with Crippen LogP contribution in [0.5, 0.6) is 0 Å². The predicted octanol–water partition coefficient (Wildman–Crippen LogP) is 1.57. The van der Waals surface area contributed by atoms with Crippen LogP contribution in [0.1, 0.15) is 26.7 Å². The summed E-state index contributed by atoms with van der Waals surface area (Å²) in [4.78, 5) is 0. The minimum Gasteiger partial charge on any atom is -0.370 e. The maximum absolute atomic E-state index is 5.16. The van der Waals surface area contributed by atoms with Gasteiger partial charge in [0.2, 0.25) is 0 Å². The minimum atomic E-state index is 0.569. The molecule has 0 aromatic heterocycles. The molecule has 1 aliphatic heterocycles. The summed E-state index contributed by atoms with van der Waals surface area (Å²) in [7, 11) is 0. The van der Waals surface area contributed by atoms with Crippen LogP contribution in [0.3, 0.4) is 0 Å². The molecule has 0 saturated carbocycles. The first kappa shape index (κ1) is 5.10.